The fourth-order valence-corrected chi connectivity index (χ4v) is 6.43. The molecule has 1 aliphatic carbocycles. The monoisotopic (exact) mass is 486 g/mol. The van der Waals surface area contributed by atoms with E-state index >= 15 is 0 Å². The molecule has 4 N–H and O–H groups in total. The van der Waals surface area contributed by atoms with E-state index in [9.17, 15) is 20.1 Å². The van der Waals surface area contributed by atoms with Crippen molar-refractivity contribution >= 4 is 29.3 Å². The average molecular weight is 487 g/mol. The smallest absolute Gasteiger partial charge is 0.303 e. The topological polar surface area (TPSA) is 98.0 Å². The predicted octanol–water partition coefficient (Wildman–Crippen LogP) is 5.38. The number of aliphatic hydroxyl groups is 3. The lowest BCUT2D eigenvalue weighted by molar-refractivity contribution is -0.137. The van der Waals surface area contributed by atoms with Gasteiger partial charge in [0.05, 0.1) is 17.8 Å². The van der Waals surface area contributed by atoms with E-state index in [4.69, 9.17) is 16.7 Å². The van der Waals surface area contributed by atoms with Crippen LogP contribution >= 0.6 is 23.4 Å². The summed E-state index contributed by atoms with van der Waals surface area (Å²) in [5.74, 6) is -0.315. The molecule has 1 aromatic carbocycles. The maximum Gasteiger partial charge on any atom is 0.303 e. The van der Waals surface area contributed by atoms with Gasteiger partial charge in [0.1, 0.15) is 0 Å². The fraction of sp³-hybridized carbons (Fsp3) is 0.720. The van der Waals surface area contributed by atoms with Crippen LogP contribution in [0, 0.1) is 5.92 Å². The molecule has 1 fully saturated rings. The van der Waals surface area contributed by atoms with E-state index in [1.165, 1.54) is 0 Å². The SMILES string of the molecule is CCCCCC(O)(CS[C@H]1C(O)CC(O)[C@@H]1CCCCCCC(=O)O)c1ccc(Cl)cc1. The molecule has 1 aliphatic rings. The molecular weight excluding hydrogens is 448 g/mol. The Morgan fingerprint density at radius 2 is 1.75 bits per heavy atom. The molecular formula is C25H39ClO5S. The molecule has 2 rings (SSSR count). The van der Waals surface area contributed by atoms with Gasteiger partial charge in [0.25, 0.3) is 0 Å². The number of carboxylic acids is 1. The lowest BCUT2D eigenvalue weighted by Gasteiger charge is -2.32. The minimum absolute atomic E-state index is 0.0143. The van der Waals surface area contributed by atoms with Gasteiger partial charge in [-0.1, -0.05) is 69.2 Å². The quantitative estimate of drug-likeness (QED) is 0.248. The van der Waals surface area contributed by atoms with E-state index in [1.54, 1.807) is 23.9 Å². The van der Waals surface area contributed by atoms with Crippen LogP contribution in [0.25, 0.3) is 0 Å². The Morgan fingerprint density at radius 3 is 2.41 bits per heavy atom. The van der Waals surface area contributed by atoms with Crippen LogP contribution < -0.4 is 0 Å². The molecule has 1 saturated carbocycles. The first-order chi connectivity index (χ1) is 15.3. The molecule has 0 aliphatic heterocycles. The summed E-state index contributed by atoms with van der Waals surface area (Å²) in [6.07, 6.45) is 7.32. The van der Waals surface area contributed by atoms with Crippen LogP contribution in [0.5, 0.6) is 0 Å². The molecule has 0 bridgehead atoms. The van der Waals surface area contributed by atoms with E-state index in [-0.39, 0.29) is 17.6 Å². The molecule has 0 radical (unpaired) electrons. The molecule has 7 heteroatoms. The van der Waals surface area contributed by atoms with Crippen molar-refractivity contribution in [1.29, 1.82) is 0 Å². The fourth-order valence-electron chi connectivity index (χ4n) is 4.62. The van der Waals surface area contributed by atoms with Crippen molar-refractivity contribution in [3.8, 4) is 0 Å². The highest BCUT2D eigenvalue weighted by Crippen LogP contribution is 2.42. The number of hydrogen-bond acceptors (Lipinski definition) is 5. The molecule has 3 unspecified atom stereocenters. The molecule has 0 amide bonds. The molecule has 5 nitrogen and oxygen atoms in total. The third kappa shape index (κ3) is 8.53. The summed E-state index contributed by atoms with van der Waals surface area (Å²) in [5, 5.41) is 41.9. The van der Waals surface area contributed by atoms with Gasteiger partial charge < -0.3 is 20.4 Å². The van der Waals surface area contributed by atoms with Gasteiger partial charge in [-0.25, -0.2) is 0 Å². The maximum atomic E-state index is 11.6. The normalized spacial score (nSPS) is 25.0. The largest absolute Gasteiger partial charge is 0.481 e. The minimum atomic E-state index is -1.00. The molecule has 0 aromatic heterocycles. The van der Waals surface area contributed by atoms with E-state index in [2.05, 4.69) is 6.92 Å². The number of aliphatic carboxylic acids is 1. The van der Waals surface area contributed by atoms with Crippen LogP contribution in [0.1, 0.15) is 83.1 Å². The Labute approximate surface area is 201 Å². The third-order valence-corrected chi connectivity index (χ3v) is 8.49. The van der Waals surface area contributed by atoms with Gasteiger partial charge in [-0.3, -0.25) is 4.79 Å². The van der Waals surface area contributed by atoms with E-state index in [1.807, 2.05) is 12.1 Å². The minimum Gasteiger partial charge on any atom is -0.481 e. The third-order valence-electron chi connectivity index (χ3n) is 6.55. The predicted molar refractivity (Wildman–Crippen MR) is 131 cm³/mol. The van der Waals surface area contributed by atoms with E-state index in [0.29, 0.717) is 30.0 Å². The summed E-state index contributed by atoms with van der Waals surface area (Å²) in [6.45, 7) is 2.14. The van der Waals surface area contributed by atoms with Crippen LogP contribution in [0.3, 0.4) is 0 Å². The summed E-state index contributed by atoms with van der Waals surface area (Å²) in [6, 6.07) is 7.36. The molecule has 5 atom stereocenters. The van der Waals surface area contributed by atoms with Crippen molar-refractivity contribution in [2.75, 3.05) is 5.75 Å². The van der Waals surface area contributed by atoms with Crippen molar-refractivity contribution in [3.05, 3.63) is 34.9 Å². The highest BCUT2D eigenvalue weighted by molar-refractivity contribution is 8.00. The summed E-state index contributed by atoms with van der Waals surface area (Å²) < 4.78 is 0. The molecule has 0 heterocycles. The average Bonchev–Trinajstić information content (AvgIpc) is 3.01. The summed E-state index contributed by atoms with van der Waals surface area (Å²) in [7, 11) is 0. The Morgan fingerprint density at radius 1 is 1.06 bits per heavy atom. The number of thioether (sulfide) groups is 1. The van der Waals surface area contributed by atoms with Gasteiger partial charge in [-0.2, -0.15) is 11.8 Å². The number of carbonyl (C=O) groups is 1. The number of rotatable bonds is 15. The number of aliphatic hydroxyl groups excluding tert-OH is 2. The Bertz CT molecular complexity index is 685. The summed E-state index contributed by atoms with van der Waals surface area (Å²) in [4.78, 5) is 10.6. The van der Waals surface area contributed by atoms with Crippen molar-refractivity contribution in [2.45, 2.75) is 101 Å². The van der Waals surface area contributed by atoms with E-state index < -0.39 is 23.8 Å². The zero-order valence-corrected chi connectivity index (χ0v) is 20.7. The van der Waals surface area contributed by atoms with Gasteiger partial charge >= 0.3 is 5.97 Å². The number of benzene rings is 1. The summed E-state index contributed by atoms with van der Waals surface area (Å²) >= 11 is 7.61. The zero-order valence-electron chi connectivity index (χ0n) is 19.1. The second-order valence-corrected chi connectivity index (χ2v) is 10.8. The van der Waals surface area contributed by atoms with Crippen LogP contribution in [0.2, 0.25) is 5.02 Å². The van der Waals surface area contributed by atoms with E-state index in [0.717, 1.165) is 50.5 Å². The second kappa shape index (κ2) is 13.8. The second-order valence-electron chi connectivity index (χ2n) is 9.15. The molecule has 0 saturated heterocycles. The molecule has 32 heavy (non-hydrogen) atoms. The van der Waals surface area contributed by atoms with Gasteiger partial charge in [0.15, 0.2) is 0 Å². The first-order valence-electron chi connectivity index (χ1n) is 11.9. The lowest BCUT2D eigenvalue weighted by atomic mass is 9.90. The van der Waals surface area contributed by atoms with Gasteiger partial charge in [-0.05, 0) is 42.9 Å². The number of hydrogen-bond donors (Lipinski definition) is 4. The zero-order chi connectivity index (χ0) is 23.6. The Kier molecular flexibility index (Phi) is 11.8. The number of carboxylic acid groups (broad SMARTS) is 1. The van der Waals surface area contributed by atoms with Crippen molar-refractivity contribution in [2.24, 2.45) is 5.92 Å². The highest BCUT2D eigenvalue weighted by atomic mass is 35.5. The number of unbranched alkanes of at least 4 members (excludes halogenated alkanes) is 5. The Hall–Kier alpha value is -0.790. The molecule has 0 spiro atoms. The maximum absolute atomic E-state index is 11.6. The number of halogens is 1. The molecule has 1 aromatic rings. The Balaban J connectivity index is 1.97. The van der Waals surface area contributed by atoms with Crippen LogP contribution in [0.15, 0.2) is 24.3 Å². The van der Waals surface area contributed by atoms with Gasteiger partial charge in [-0.15, -0.1) is 0 Å². The first-order valence-corrected chi connectivity index (χ1v) is 13.4. The van der Waals surface area contributed by atoms with Gasteiger partial charge in [0.2, 0.25) is 0 Å². The highest BCUT2D eigenvalue weighted by Gasteiger charge is 2.43. The van der Waals surface area contributed by atoms with Crippen LogP contribution in [-0.2, 0) is 10.4 Å². The summed E-state index contributed by atoms with van der Waals surface area (Å²) in [5.41, 5.74) is -0.160. The van der Waals surface area contributed by atoms with Crippen LogP contribution in [-0.4, -0.2) is 49.6 Å². The van der Waals surface area contributed by atoms with Crippen molar-refractivity contribution in [1.82, 2.24) is 0 Å². The van der Waals surface area contributed by atoms with Gasteiger partial charge in [0, 0.05) is 28.9 Å². The standard InChI is InChI=1S/C25H39ClO5S/c1-2-3-8-15-25(31,18-11-13-19(26)14-12-18)17-32-24-20(21(27)16-22(24)28)9-6-4-5-7-10-23(29)30/h11-14,20-22,24,27-28,31H,2-10,15-17H2,1H3,(H,29,30)/t20-,21?,22?,24+,25?/m0/s1. The first kappa shape index (κ1) is 27.5. The van der Waals surface area contributed by atoms with Crippen molar-refractivity contribution < 1.29 is 25.2 Å². The molecule has 182 valence electrons. The van der Waals surface area contributed by atoms with Crippen molar-refractivity contribution in [3.63, 3.8) is 0 Å². The van der Waals surface area contributed by atoms with Crippen LogP contribution in [0.4, 0.5) is 0 Å². The lowest BCUT2D eigenvalue weighted by Crippen LogP contribution is -2.33.